The Morgan fingerprint density at radius 1 is 1.45 bits per heavy atom. The van der Waals surface area contributed by atoms with Gasteiger partial charge in [-0.1, -0.05) is 26.0 Å². The summed E-state index contributed by atoms with van der Waals surface area (Å²) in [6, 6.07) is 5.99. The summed E-state index contributed by atoms with van der Waals surface area (Å²) in [6.45, 7) is 3.27. The molecule has 4 nitrogen and oxygen atoms in total. The van der Waals surface area contributed by atoms with Crippen LogP contribution in [0.1, 0.15) is 26.3 Å². The molecule has 1 rings (SSSR count). The summed E-state index contributed by atoms with van der Waals surface area (Å²) in [4.78, 5) is 11.7. The van der Waals surface area contributed by atoms with E-state index >= 15 is 0 Å². The minimum Gasteiger partial charge on any atom is -0.435 e. The van der Waals surface area contributed by atoms with Crippen LogP contribution in [0.15, 0.2) is 24.3 Å². The number of amides is 1. The molecule has 0 fully saturated rings. The van der Waals surface area contributed by atoms with Gasteiger partial charge in [0.25, 0.3) is 0 Å². The first-order valence-electron chi connectivity index (χ1n) is 6.36. The zero-order chi connectivity index (χ0) is 15.3. The van der Waals surface area contributed by atoms with E-state index in [0.717, 1.165) is 0 Å². The molecule has 0 saturated carbocycles. The molecule has 0 bridgehead atoms. The number of carbonyl (C=O) groups is 1. The maximum absolute atomic E-state index is 12.2. The standard InChI is InChI=1S/C14H20F2N2O2/c1-9(2)8-18-14(3,12(17)19)10-5-4-6-11(7-10)20-13(15)16/h4-7,9,13,18H,8H2,1-3H3,(H2,17,19). The molecule has 0 aliphatic heterocycles. The van der Waals surface area contributed by atoms with Gasteiger partial charge in [0.1, 0.15) is 11.3 Å². The highest BCUT2D eigenvalue weighted by atomic mass is 19.3. The number of hydrogen-bond acceptors (Lipinski definition) is 3. The molecular weight excluding hydrogens is 266 g/mol. The number of nitrogens with one attached hydrogen (secondary N) is 1. The van der Waals surface area contributed by atoms with Gasteiger partial charge >= 0.3 is 6.61 Å². The van der Waals surface area contributed by atoms with Crippen molar-refractivity contribution < 1.29 is 18.3 Å². The van der Waals surface area contributed by atoms with E-state index in [0.29, 0.717) is 18.0 Å². The Morgan fingerprint density at radius 3 is 2.60 bits per heavy atom. The average Bonchev–Trinajstić information content (AvgIpc) is 2.35. The molecular formula is C14H20F2N2O2. The number of benzene rings is 1. The van der Waals surface area contributed by atoms with Crippen molar-refractivity contribution >= 4 is 5.91 Å². The third-order valence-electron chi connectivity index (χ3n) is 2.99. The summed E-state index contributed by atoms with van der Waals surface area (Å²) in [7, 11) is 0. The van der Waals surface area contributed by atoms with E-state index in [1.807, 2.05) is 13.8 Å². The number of nitrogens with two attached hydrogens (primary N) is 1. The van der Waals surface area contributed by atoms with Crippen molar-refractivity contribution in [1.29, 1.82) is 0 Å². The Bertz CT molecular complexity index is 466. The van der Waals surface area contributed by atoms with Crippen LogP contribution in [0.25, 0.3) is 0 Å². The number of ether oxygens (including phenoxy) is 1. The molecule has 1 unspecified atom stereocenters. The van der Waals surface area contributed by atoms with Crippen molar-refractivity contribution in [1.82, 2.24) is 5.32 Å². The predicted octanol–water partition coefficient (Wildman–Crippen LogP) is 2.23. The summed E-state index contributed by atoms with van der Waals surface area (Å²) in [5.74, 6) is -0.266. The van der Waals surface area contributed by atoms with E-state index in [1.54, 1.807) is 19.1 Å². The van der Waals surface area contributed by atoms with E-state index in [9.17, 15) is 13.6 Å². The fourth-order valence-electron chi connectivity index (χ4n) is 1.72. The summed E-state index contributed by atoms with van der Waals surface area (Å²) in [5, 5.41) is 3.07. The molecule has 3 N–H and O–H groups in total. The van der Waals surface area contributed by atoms with Gasteiger partial charge in [-0.3, -0.25) is 10.1 Å². The second-order valence-corrected chi connectivity index (χ2v) is 5.17. The third-order valence-corrected chi connectivity index (χ3v) is 2.99. The maximum Gasteiger partial charge on any atom is 0.387 e. The summed E-state index contributed by atoms with van der Waals surface area (Å²) in [6.07, 6.45) is 0. The second-order valence-electron chi connectivity index (χ2n) is 5.17. The smallest absolute Gasteiger partial charge is 0.387 e. The highest BCUT2D eigenvalue weighted by Gasteiger charge is 2.33. The number of halogens is 2. The number of primary amides is 1. The summed E-state index contributed by atoms with van der Waals surface area (Å²) in [5.41, 5.74) is 4.81. The van der Waals surface area contributed by atoms with Crippen LogP contribution in [0.2, 0.25) is 0 Å². The number of hydrogen-bond donors (Lipinski definition) is 2. The SMILES string of the molecule is CC(C)CNC(C)(C(N)=O)c1cccc(OC(F)F)c1. The molecule has 0 saturated heterocycles. The Labute approximate surface area is 117 Å². The Morgan fingerprint density at radius 2 is 2.10 bits per heavy atom. The Hall–Kier alpha value is -1.69. The summed E-state index contributed by atoms with van der Waals surface area (Å²) < 4.78 is 28.8. The monoisotopic (exact) mass is 286 g/mol. The normalized spacial score (nSPS) is 14.3. The van der Waals surface area contributed by atoms with Gasteiger partial charge in [0.05, 0.1) is 0 Å². The van der Waals surface area contributed by atoms with Crippen LogP contribution in [0.5, 0.6) is 5.75 Å². The highest BCUT2D eigenvalue weighted by molar-refractivity contribution is 5.85. The van der Waals surface area contributed by atoms with Gasteiger partial charge in [0, 0.05) is 0 Å². The van der Waals surface area contributed by atoms with Gasteiger partial charge in [0.15, 0.2) is 0 Å². The van der Waals surface area contributed by atoms with Crippen molar-refractivity contribution in [2.45, 2.75) is 32.9 Å². The zero-order valence-corrected chi connectivity index (χ0v) is 11.8. The average molecular weight is 286 g/mol. The molecule has 0 aliphatic carbocycles. The van der Waals surface area contributed by atoms with E-state index in [1.165, 1.54) is 12.1 Å². The Kier molecular flexibility index (Phi) is 5.44. The minimum atomic E-state index is -2.91. The topological polar surface area (TPSA) is 64.3 Å². The molecule has 1 amide bonds. The van der Waals surface area contributed by atoms with E-state index in [4.69, 9.17) is 5.73 Å². The first-order chi connectivity index (χ1) is 9.25. The molecule has 1 atom stereocenters. The molecule has 1 aromatic rings. The van der Waals surface area contributed by atoms with Gasteiger partial charge < -0.3 is 10.5 Å². The van der Waals surface area contributed by atoms with E-state index in [2.05, 4.69) is 10.1 Å². The molecule has 0 aromatic heterocycles. The summed E-state index contributed by atoms with van der Waals surface area (Å²) >= 11 is 0. The molecule has 0 radical (unpaired) electrons. The lowest BCUT2D eigenvalue weighted by molar-refractivity contribution is -0.124. The van der Waals surface area contributed by atoms with Crippen LogP contribution in [-0.4, -0.2) is 19.1 Å². The maximum atomic E-state index is 12.2. The van der Waals surface area contributed by atoms with Gasteiger partial charge in [0.2, 0.25) is 5.91 Å². The third kappa shape index (κ3) is 4.16. The van der Waals surface area contributed by atoms with Crippen LogP contribution >= 0.6 is 0 Å². The fraction of sp³-hybridized carbons (Fsp3) is 0.500. The van der Waals surface area contributed by atoms with Crippen molar-refractivity contribution in [2.24, 2.45) is 11.7 Å². The van der Waals surface area contributed by atoms with E-state index < -0.39 is 18.1 Å². The molecule has 0 spiro atoms. The van der Waals surface area contributed by atoms with Gasteiger partial charge in [-0.15, -0.1) is 0 Å². The minimum absolute atomic E-state index is 0.00341. The first kappa shape index (κ1) is 16.4. The lowest BCUT2D eigenvalue weighted by Crippen LogP contribution is -2.51. The van der Waals surface area contributed by atoms with Crippen LogP contribution in [0.3, 0.4) is 0 Å². The zero-order valence-electron chi connectivity index (χ0n) is 11.8. The van der Waals surface area contributed by atoms with Crippen molar-refractivity contribution in [3.8, 4) is 5.75 Å². The second kappa shape index (κ2) is 6.65. The molecule has 6 heteroatoms. The van der Waals surface area contributed by atoms with E-state index in [-0.39, 0.29) is 5.75 Å². The predicted molar refractivity (Wildman–Crippen MR) is 72.5 cm³/mol. The fourth-order valence-corrected chi connectivity index (χ4v) is 1.72. The van der Waals surface area contributed by atoms with Crippen molar-refractivity contribution in [2.75, 3.05) is 6.54 Å². The number of carbonyl (C=O) groups excluding carboxylic acids is 1. The van der Waals surface area contributed by atoms with Crippen LogP contribution in [0, 0.1) is 5.92 Å². The molecule has 0 heterocycles. The molecule has 20 heavy (non-hydrogen) atoms. The van der Waals surface area contributed by atoms with Gasteiger partial charge in [-0.2, -0.15) is 8.78 Å². The first-order valence-corrected chi connectivity index (χ1v) is 6.36. The lowest BCUT2D eigenvalue weighted by atomic mass is 9.90. The van der Waals surface area contributed by atoms with Crippen LogP contribution in [0.4, 0.5) is 8.78 Å². The molecule has 1 aromatic carbocycles. The van der Waals surface area contributed by atoms with Gasteiger partial charge in [-0.05, 0) is 37.1 Å². The number of alkyl halides is 2. The molecule has 0 aliphatic rings. The van der Waals surface area contributed by atoms with Crippen molar-refractivity contribution in [3.05, 3.63) is 29.8 Å². The largest absolute Gasteiger partial charge is 0.435 e. The number of rotatable bonds is 7. The Balaban J connectivity index is 3.05. The van der Waals surface area contributed by atoms with Crippen molar-refractivity contribution in [3.63, 3.8) is 0 Å². The lowest BCUT2D eigenvalue weighted by Gasteiger charge is -2.29. The molecule has 112 valence electrons. The quantitative estimate of drug-likeness (QED) is 0.808. The van der Waals surface area contributed by atoms with Crippen LogP contribution < -0.4 is 15.8 Å². The van der Waals surface area contributed by atoms with Crippen LogP contribution in [-0.2, 0) is 10.3 Å². The highest BCUT2D eigenvalue weighted by Crippen LogP contribution is 2.25. The van der Waals surface area contributed by atoms with Gasteiger partial charge in [-0.25, -0.2) is 0 Å².